The summed E-state index contributed by atoms with van der Waals surface area (Å²) < 4.78 is 10.8. The van der Waals surface area contributed by atoms with E-state index in [2.05, 4.69) is 5.43 Å². The van der Waals surface area contributed by atoms with Gasteiger partial charge >= 0.3 is 5.97 Å². The lowest BCUT2D eigenvalue weighted by atomic mass is 10.1. The molecule has 0 radical (unpaired) electrons. The van der Waals surface area contributed by atoms with Crippen molar-refractivity contribution in [2.75, 3.05) is 11.6 Å². The first-order chi connectivity index (χ1) is 15.8. The van der Waals surface area contributed by atoms with Gasteiger partial charge in [-0.05, 0) is 80.4 Å². The molecular weight excluding hydrogens is 444 g/mol. The summed E-state index contributed by atoms with van der Waals surface area (Å²) in [4.78, 5) is 37.5. The molecule has 168 valence electrons. The number of rotatable bonds is 5. The summed E-state index contributed by atoms with van der Waals surface area (Å²) >= 11 is 6.12. The quantitative estimate of drug-likeness (QED) is 0.331. The van der Waals surface area contributed by atoms with Gasteiger partial charge in [-0.15, -0.1) is 0 Å². The predicted molar refractivity (Wildman–Crippen MR) is 125 cm³/mol. The van der Waals surface area contributed by atoms with E-state index in [1.165, 1.54) is 11.1 Å². The van der Waals surface area contributed by atoms with E-state index in [-0.39, 0.29) is 22.8 Å². The van der Waals surface area contributed by atoms with Gasteiger partial charge in [0.2, 0.25) is 0 Å². The van der Waals surface area contributed by atoms with E-state index in [0.717, 1.165) is 11.1 Å². The van der Waals surface area contributed by atoms with Gasteiger partial charge in [0.1, 0.15) is 17.1 Å². The Bertz CT molecular complexity index is 1310. The van der Waals surface area contributed by atoms with Crippen LogP contribution in [0.15, 0.2) is 58.5 Å². The second-order valence-corrected chi connectivity index (χ2v) is 7.93. The Morgan fingerprint density at radius 3 is 2.61 bits per heavy atom. The first-order valence-corrected chi connectivity index (χ1v) is 10.7. The fourth-order valence-electron chi connectivity index (χ4n) is 3.38. The van der Waals surface area contributed by atoms with Gasteiger partial charge in [0.15, 0.2) is 0 Å². The lowest BCUT2D eigenvalue weighted by Gasteiger charge is -2.15. The Morgan fingerprint density at radius 1 is 1.09 bits per heavy atom. The highest BCUT2D eigenvalue weighted by molar-refractivity contribution is 6.33. The van der Waals surface area contributed by atoms with Gasteiger partial charge in [0.05, 0.1) is 22.9 Å². The maximum Gasteiger partial charge on any atom is 0.339 e. The van der Waals surface area contributed by atoms with Crippen LogP contribution in [0.5, 0.6) is 0 Å². The number of nitrogens with one attached hydrogen (secondary N) is 1. The highest BCUT2D eigenvalue weighted by Gasteiger charge is 2.35. The van der Waals surface area contributed by atoms with Crippen molar-refractivity contribution in [3.05, 3.63) is 81.6 Å². The second kappa shape index (κ2) is 8.96. The molecule has 2 amide bonds. The molecule has 1 aliphatic rings. The molecule has 4 rings (SSSR count). The third kappa shape index (κ3) is 4.40. The fourth-order valence-corrected chi connectivity index (χ4v) is 3.57. The SMILES string of the molecule is CCOC(=O)c1cc(-c2ccc(/C=C3/C(=O)NN(c4ccc(C)c(C)c4)C3=O)o2)ccc1Cl. The second-order valence-electron chi connectivity index (χ2n) is 7.53. The predicted octanol–water partition coefficient (Wildman–Crippen LogP) is 4.85. The molecule has 0 aliphatic carbocycles. The van der Waals surface area contributed by atoms with Gasteiger partial charge in [-0.2, -0.15) is 0 Å². The van der Waals surface area contributed by atoms with Gasteiger partial charge < -0.3 is 9.15 Å². The molecule has 0 unspecified atom stereocenters. The smallest absolute Gasteiger partial charge is 0.339 e. The van der Waals surface area contributed by atoms with Crippen LogP contribution in [0.3, 0.4) is 0 Å². The number of anilines is 1. The normalized spacial score (nSPS) is 14.7. The van der Waals surface area contributed by atoms with Crippen molar-refractivity contribution in [2.24, 2.45) is 0 Å². The number of esters is 1. The maximum atomic E-state index is 12.9. The van der Waals surface area contributed by atoms with Crippen molar-refractivity contribution in [2.45, 2.75) is 20.8 Å². The minimum absolute atomic E-state index is 0.0440. The summed E-state index contributed by atoms with van der Waals surface area (Å²) in [5.74, 6) is -0.763. The molecule has 1 aliphatic heterocycles. The zero-order valence-electron chi connectivity index (χ0n) is 18.3. The largest absolute Gasteiger partial charge is 0.462 e. The van der Waals surface area contributed by atoms with Crippen molar-refractivity contribution >= 4 is 41.1 Å². The van der Waals surface area contributed by atoms with E-state index in [0.29, 0.717) is 22.8 Å². The summed E-state index contributed by atoms with van der Waals surface area (Å²) in [6, 6.07) is 13.7. The Hall–Kier alpha value is -3.84. The molecule has 0 saturated carbocycles. The molecule has 0 spiro atoms. The standard InChI is InChI=1S/C25H21ClN2O5/c1-4-32-25(31)19-12-16(6-9-21(19)26)22-10-8-18(33-22)13-20-23(29)27-28(24(20)30)17-7-5-14(2)15(3)11-17/h5-13H,4H2,1-3H3,(H,27,29)/b20-13-. The lowest BCUT2D eigenvalue weighted by Crippen LogP contribution is -2.35. The number of benzene rings is 2. The van der Waals surface area contributed by atoms with Crippen LogP contribution in [0.2, 0.25) is 5.02 Å². The Labute approximate surface area is 195 Å². The number of nitrogens with zero attached hydrogens (tertiary/aromatic N) is 1. The van der Waals surface area contributed by atoms with Crippen molar-refractivity contribution in [3.8, 4) is 11.3 Å². The number of hydrogen-bond donors (Lipinski definition) is 1. The van der Waals surface area contributed by atoms with Crippen LogP contribution < -0.4 is 10.4 Å². The van der Waals surface area contributed by atoms with Gasteiger partial charge in [-0.3, -0.25) is 15.0 Å². The van der Waals surface area contributed by atoms with Crippen molar-refractivity contribution in [3.63, 3.8) is 0 Å². The molecule has 1 aromatic heterocycles. The molecule has 1 fully saturated rings. The van der Waals surface area contributed by atoms with Crippen molar-refractivity contribution in [1.29, 1.82) is 0 Å². The summed E-state index contributed by atoms with van der Waals surface area (Å²) in [7, 11) is 0. The van der Waals surface area contributed by atoms with Crippen LogP contribution in [0, 0.1) is 13.8 Å². The first kappa shape index (κ1) is 22.4. The molecule has 2 aromatic carbocycles. The van der Waals surface area contributed by atoms with E-state index >= 15 is 0 Å². The Balaban J connectivity index is 1.60. The zero-order valence-corrected chi connectivity index (χ0v) is 19.0. The van der Waals surface area contributed by atoms with Crippen LogP contribution in [0.25, 0.3) is 17.4 Å². The van der Waals surface area contributed by atoms with E-state index in [1.54, 1.807) is 43.3 Å². The van der Waals surface area contributed by atoms with E-state index in [1.807, 2.05) is 26.0 Å². The highest BCUT2D eigenvalue weighted by atomic mass is 35.5. The first-order valence-electron chi connectivity index (χ1n) is 10.3. The number of carbonyl (C=O) groups is 3. The minimum Gasteiger partial charge on any atom is -0.462 e. The molecule has 7 nitrogen and oxygen atoms in total. The van der Waals surface area contributed by atoms with E-state index in [4.69, 9.17) is 20.8 Å². The molecule has 8 heteroatoms. The van der Waals surface area contributed by atoms with Crippen LogP contribution in [-0.2, 0) is 14.3 Å². The highest BCUT2D eigenvalue weighted by Crippen LogP contribution is 2.29. The van der Waals surface area contributed by atoms with Gasteiger partial charge in [0, 0.05) is 5.56 Å². The molecular formula is C25H21ClN2O5. The van der Waals surface area contributed by atoms with Crippen LogP contribution in [-0.4, -0.2) is 24.4 Å². The topological polar surface area (TPSA) is 88.9 Å². The molecule has 1 saturated heterocycles. The summed E-state index contributed by atoms with van der Waals surface area (Å²) in [6.45, 7) is 5.85. The number of amides is 2. The molecule has 0 atom stereocenters. The fraction of sp³-hybridized carbons (Fsp3) is 0.160. The maximum absolute atomic E-state index is 12.9. The number of halogens is 1. The molecule has 0 bridgehead atoms. The number of furan rings is 1. The minimum atomic E-state index is -0.530. The third-order valence-corrected chi connectivity index (χ3v) is 5.63. The number of ether oxygens (including phenoxy) is 1. The molecule has 33 heavy (non-hydrogen) atoms. The zero-order chi connectivity index (χ0) is 23.7. The number of hydrazine groups is 1. The van der Waals surface area contributed by atoms with E-state index < -0.39 is 17.8 Å². The number of aryl methyl sites for hydroxylation is 2. The monoisotopic (exact) mass is 464 g/mol. The van der Waals surface area contributed by atoms with Gasteiger partial charge in [0.25, 0.3) is 11.8 Å². The number of carbonyl (C=O) groups excluding carboxylic acids is 3. The van der Waals surface area contributed by atoms with Crippen molar-refractivity contribution < 1.29 is 23.5 Å². The third-order valence-electron chi connectivity index (χ3n) is 5.30. The lowest BCUT2D eigenvalue weighted by molar-refractivity contribution is -0.117. The molecule has 1 N–H and O–H groups in total. The average Bonchev–Trinajstić information content (AvgIpc) is 3.36. The van der Waals surface area contributed by atoms with Crippen LogP contribution >= 0.6 is 11.6 Å². The summed E-state index contributed by atoms with van der Waals surface area (Å²) in [6.07, 6.45) is 1.39. The Morgan fingerprint density at radius 2 is 1.88 bits per heavy atom. The Kier molecular flexibility index (Phi) is 6.07. The average molecular weight is 465 g/mol. The van der Waals surface area contributed by atoms with Crippen LogP contribution in [0.1, 0.15) is 34.2 Å². The van der Waals surface area contributed by atoms with E-state index in [9.17, 15) is 14.4 Å². The summed E-state index contributed by atoms with van der Waals surface area (Å²) in [5, 5.41) is 1.49. The van der Waals surface area contributed by atoms with Gasteiger partial charge in [-0.25, -0.2) is 9.80 Å². The summed E-state index contributed by atoms with van der Waals surface area (Å²) in [5.41, 5.74) is 6.04. The molecule has 3 aromatic rings. The van der Waals surface area contributed by atoms with Crippen molar-refractivity contribution in [1.82, 2.24) is 5.43 Å². The van der Waals surface area contributed by atoms with Crippen LogP contribution in [0.4, 0.5) is 5.69 Å². The number of hydrogen-bond acceptors (Lipinski definition) is 5. The molecule has 2 heterocycles. The van der Waals surface area contributed by atoms with Gasteiger partial charge in [-0.1, -0.05) is 17.7 Å².